The van der Waals surface area contributed by atoms with Crippen molar-refractivity contribution in [3.05, 3.63) is 35.5 Å². The highest BCUT2D eigenvalue weighted by Crippen LogP contribution is 2.25. The molecule has 5 heteroatoms. The predicted octanol–water partition coefficient (Wildman–Crippen LogP) is 2.52. The third-order valence-electron chi connectivity index (χ3n) is 3.83. The lowest BCUT2D eigenvalue weighted by molar-refractivity contribution is -0.138. The van der Waals surface area contributed by atoms with Crippen LogP contribution in [0, 0.1) is 5.92 Å². The van der Waals surface area contributed by atoms with Crippen molar-refractivity contribution in [2.24, 2.45) is 5.92 Å². The van der Waals surface area contributed by atoms with E-state index in [4.69, 9.17) is 9.47 Å². The average molecular weight is 303 g/mol. The lowest BCUT2D eigenvalue weighted by atomic mass is 10.1. The number of carbonyl (C=O) groups excluding carboxylic acids is 2. The molecule has 0 unspecified atom stereocenters. The van der Waals surface area contributed by atoms with Crippen LogP contribution < -0.4 is 10.1 Å². The summed E-state index contributed by atoms with van der Waals surface area (Å²) in [7, 11) is 2.85. The molecule has 0 heterocycles. The van der Waals surface area contributed by atoms with E-state index in [2.05, 4.69) is 5.32 Å². The van der Waals surface area contributed by atoms with Gasteiger partial charge in [-0.3, -0.25) is 4.79 Å². The average Bonchev–Trinajstić information content (AvgIpc) is 3.08. The largest absolute Gasteiger partial charge is 0.496 e. The molecule has 1 N–H and O–H groups in total. The zero-order valence-corrected chi connectivity index (χ0v) is 12.9. The maximum absolute atomic E-state index is 12.2. The second-order valence-electron chi connectivity index (χ2n) is 5.26. The summed E-state index contributed by atoms with van der Waals surface area (Å²) < 4.78 is 10.0. The van der Waals surface area contributed by atoms with Gasteiger partial charge in [-0.25, -0.2) is 4.79 Å². The predicted molar refractivity (Wildman–Crippen MR) is 83.1 cm³/mol. The van der Waals surface area contributed by atoms with Gasteiger partial charge in [0, 0.05) is 11.5 Å². The van der Waals surface area contributed by atoms with Gasteiger partial charge in [-0.2, -0.15) is 0 Å². The quantitative estimate of drug-likeness (QED) is 0.670. The molecule has 1 aromatic carbocycles. The van der Waals surface area contributed by atoms with E-state index < -0.39 is 5.97 Å². The number of hydrogen-bond acceptors (Lipinski definition) is 4. The maximum atomic E-state index is 12.2. The van der Waals surface area contributed by atoms with Gasteiger partial charge in [0.05, 0.1) is 14.2 Å². The number of amides is 1. The van der Waals surface area contributed by atoms with Gasteiger partial charge in [0.25, 0.3) is 0 Å². The Morgan fingerprint density at radius 1 is 1.18 bits per heavy atom. The van der Waals surface area contributed by atoms with E-state index in [1.165, 1.54) is 7.11 Å². The summed E-state index contributed by atoms with van der Waals surface area (Å²) in [6.07, 6.45) is 5.44. The number of rotatable bonds is 5. The van der Waals surface area contributed by atoms with Crippen LogP contribution in [0.2, 0.25) is 0 Å². The van der Waals surface area contributed by atoms with Crippen LogP contribution in [0.1, 0.15) is 31.2 Å². The molecule has 0 aliphatic heterocycles. The second kappa shape index (κ2) is 7.64. The first-order chi connectivity index (χ1) is 10.7. The van der Waals surface area contributed by atoms with Crippen molar-refractivity contribution in [2.45, 2.75) is 25.7 Å². The Balaban J connectivity index is 2.23. The summed E-state index contributed by atoms with van der Waals surface area (Å²) in [6, 6.07) is 7.27. The van der Waals surface area contributed by atoms with Crippen molar-refractivity contribution in [1.29, 1.82) is 0 Å². The highest BCUT2D eigenvalue weighted by atomic mass is 16.5. The van der Waals surface area contributed by atoms with Crippen molar-refractivity contribution in [2.75, 3.05) is 14.2 Å². The van der Waals surface area contributed by atoms with Crippen LogP contribution in [0.4, 0.5) is 0 Å². The smallest absolute Gasteiger partial charge is 0.354 e. The van der Waals surface area contributed by atoms with Crippen molar-refractivity contribution >= 4 is 18.0 Å². The lowest BCUT2D eigenvalue weighted by Crippen LogP contribution is -2.32. The van der Waals surface area contributed by atoms with E-state index in [-0.39, 0.29) is 17.5 Å². The van der Waals surface area contributed by atoms with Crippen molar-refractivity contribution in [3.8, 4) is 5.75 Å². The molecule has 1 amide bonds. The molecule has 1 fully saturated rings. The number of methoxy groups -OCH3 is 2. The fraction of sp³-hybridized carbons (Fsp3) is 0.412. The van der Waals surface area contributed by atoms with Crippen LogP contribution in [0.3, 0.4) is 0 Å². The minimum atomic E-state index is -0.572. The van der Waals surface area contributed by atoms with E-state index in [9.17, 15) is 9.59 Å². The summed E-state index contributed by atoms with van der Waals surface area (Å²) in [5, 5.41) is 2.70. The molecule has 1 saturated carbocycles. The van der Waals surface area contributed by atoms with Crippen molar-refractivity contribution in [1.82, 2.24) is 5.32 Å². The Hall–Kier alpha value is -2.30. The first kappa shape index (κ1) is 16.1. The Bertz CT molecular complexity index is 574. The lowest BCUT2D eigenvalue weighted by Gasteiger charge is -2.13. The van der Waals surface area contributed by atoms with E-state index in [1.54, 1.807) is 19.3 Å². The molecule has 0 bridgehead atoms. The van der Waals surface area contributed by atoms with Gasteiger partial charge in [0.2, 0.25) is 5.91 Å². The van der Waals surface area contributed by atoms with Gasteiger partial charge in [-0.15, -0.1) is 0 Å². The summed E-state index contributed by atoms with van der Waals surface area (Å²) in [4.78, 5) is 24.2. The van der Waals surface area contributed by atoms with Gasteiger partial charge in [0.1, 0.15) is 11.4 Å². The van der Waals surface area contributed by atoms with Gasteiger partial charge in [-0.05, 0) is 25.0 Å². The number of esters is 1. The summed E-state index contributed by atoms with van der Waals surface area (Å²) >= 11 is 0. The van der Waals surface area contributed by atoms with Crippen molar-refractivity contribution < 1.29 is 19.1 Å². The number of para-hydroxylation sites is 1. The van der Waals surface area contributed by atoms with Crippen LogP contribution in [0.5, 0.6) is 5.75 Å². The highest BCUT2D eigenvalue weighted by molar-refractivity contribution is 5.98. The Labute approximate surface area is 130 Å². The first-order valence-corrected chi connectivity index (χ1v) is 7.39. The molecule has 1 aromatic rings. The molecule has 0 aromatic heterocycles. The van der Waals surface area contributed by atoms with E-state index in [1.807, 2.05) is 18.2 Å². The fourth-order valence-corrected chi connectivity index (χ4v) is 2.62. The SMILES string of the molecule is COC(=O)C(=Cc1ccccc1OC)NC(=O)C1CCCC1. The summed E-state index contributed by atoms with van der Waals surface area (Å²) in [6.45, 7) is 0. The summed E-state index contributed by atoms with van der Waals surface area (Å²) in [5.74, 6) is -0.0916. The number of hydrogen-bond donors (Lipinski definition) is 1. The Morgan fingerprint density at radius 3 is 2.50 bits per heavy atom. The van der Waals surface area contributed by atoms with Gasteiger partial charge in [0.15, 0.2) is 0 Å². The number of ether oxygens (including phenoxy) is 2. The van der Waals surface area contributed by atoms with Crippen molar-refractivity contribution in [3.63, 3.8) is 0 Å². The number of nitrogens with one attached hydrogen (secondary N) is 1. The minimum absolute atomic E-state index is 0.0225. The van der Waals surface area contributed by atoms with E-state index in [0.29, 0.717) is 11.3 Å². The molecule has 2 rings (SSSR count). The first-order valence-electron chi connectivity index (χ1n) is 7.39. The zero-order valence-electron chi connectivity index (χ0n) is 12.9. The van der Waals surface area contributed by atoms with Gasteiger partial charge in [-0.1, -0.05) is 31.0 Å². The normalized spacial score (nSPS) is 15.5. The molecular formula is C17H21NO4. The second-order valence-corrected chi connectivity index (χ2v) is 5.26. The summed E-state index contributed by atoms with van der Waals surface area (Å²) in [5.41, 5.74) is 0.834. The van der Waals surface area contributed by atoms with Crippen LogP contribution in [-0.2, 0) is 14.3 Å². The molecular weight excluding hydrogens is 282 g/mol. The van der Waals surface area contributed by atoms with Crippen LogP contribution in [-0.4, -0.2) is 26.1 Å². The third-order valence-corrected chi connectivity index (χ3v) is 3.83. The van der Waals surface area contributed by atoms with Crippen LogP contribution in [0.15, 0.2) is 30.0 Å². The molecule has 5 nitrogen and oxygen atoms in total. The number of carbonyl (C=O) groups is 2. The Kier molecular flexibility index (Phi) is 5.58. The molecule has 0 saturated heterocycles. The molecule has 0 radical (unpaired) electrons. The monoisotopic (exact) mass is 303 g/mol. The van der Waals surface area contributed by atoms with Crippen LogP contribution >= 0.6 is 0 Å². The number of benzene rings is 1. The zero-order chi connectivity index (χ0) is 15.9. The molecule has 0 atom stereocenters. The topological polar surface area (TPSA) is 64.6 Å². The fourth-order valence-electron chi connectivity index (χ4n) is 2.62. The molecule has 0 spiro atoms. The van der Waals surface area contributed by atoms with E-state index in [0.717, 1.165) is 25.7 Å². The molecule has 118 valence electrons. The standard InChI is InChI=1S/C17H21NO4/c1-21-15-10-6-5-9-13(15)11-14(17(20)22-2)18-16(19)12-7-3-4-8-12/h5-6,9-12H,3-4,7-8H2,1-2H3,(H,18,19). The molecule has 1 aliphatic rings. The maximum Gasteiger partial charge on any atom is 0.354 e. The van der Waals surface area contributed by atoms with Gasteiger partial charge < -0.3 is 14.8 Å². The highest BCUT2D eigenvalue weighted by Gasteiger charge is 2.25. The van der Waals surface area contributed by atoms with Crippen LogP contribution in [0.25, 0.3) is 6.08 Å². The third kappa shape index (κ3) is 3.87. The molecule has 1 aliphatic carbocycles. The minimum Gasteiger partial charge on any atom is -0.496 e. The van der Waals surface area contributed by atoms with E-state index >= 15 is 0 Å². The molecule has 22 heavy (non-hydrogen) atoms. The van der Waals surface area contributed by atoms with Gasteiger partial charge >= 0.3 is 5.97 Å². The Morgan fingerprint density at radius 2 is 1.86 bits per heavy atom.